The predicted octanol–water partition coefficient (Wildman–Crippen LogP) is 2.55. The van der Waals surface area contributed by atoms with E-state index < -0.39 is 41.6 Å². The van der Waals surface area contributed by atoms with Gasteiger partial charge in [-0.3, -0.25) is 14.4 Å². The van der Waals surface area contributed by atoms with Gasteiger partial charge in [-0.15, -0.1) is 0 Å². The maximum atomic E-state index is 13.5. The number of halogens is 2. The molecule has 1 aromatic carbocycles. The number of piperidine rings is 1. The number of nitrogens with one attached hydrogen (secondary N) is 3. The summed E-state index contributed by atoms with van der Waals surface area (Å²) in [4.78, 5) is 50.7. The minimum absolute atomic E-state index is 0.0138. The van der Waals surface area contributed by atoms with Crippen LogP contribution >= 0.6 is 11.6 Å². The van der Waals surface area contributed by atoms with Gasteiger partial charge in [0, 0.05) is 31.0 Å². The second-order valence-electron chi connectivity index (χ2n) is 8.90. The molecule has 2 heterocycles. The molecule has 0 bridgehead atoms. The Kier molecular flexibility index (Phi) is 10.4. The first-order chi connectivity index (χ1) is 18.2. The lowest BCUT2D eigenvalue weighted by atomic mass is 9.91. The van der Waals surface area contributed by atoms with Gasteiger partial charge in [0.05, 0.1) is 6.61 Å². The quantitative estimate of drug-likeness (QED) is 0.289. The molecule has 1 aliphatic heterocycles. The van der Waals surface area contributed by atoms with Gasteiger partial charge in [-0.25, -0.2) is 9.18 Å². The highest BCUT2D eigenvalue weighted by Crippen LogP contribution is 2.20. The Morgan fingerprint density at radius 1 is 1.29 bits per heavy atom. The van der Waals surface area contributed by atoms with Crippen LogP contribution in [0.15, 0.2) is 46.0 Å². The monoisotopic (exact) mass is 548 g/mol. The fraction of sp³-hybridized carbons (Fsp3) is 0.423. The van der Waals surface area contributed by atoms with E-state index in [1.165, 1.54) is 36.4 Å². The molecular formula is C26H30ClFN4O6. The first-order valence-electron chi connectivity index (χ1n) is 12.3. The van der Waals surface area contributed by atoms with Crippen molar-refractivity contribution in [2.45, 2.75) is 51.6 Å². The molecule has 3 rings (SSSR count). The van der Waals surface area contributed by atoms with Crippen molar-refractivity contribution in [2.24, 2.45) is 5.92 Å². The normalized spacial score (nSPS) is 17.2. The summed E-state index contributed by atoms with van der Waals surface area (Å²) in [7, 11) is 0. The zero-order valence-electron chi connectivity index (χ0n) is 21.1. The van der Waals surface area contributed by atoms with Crippen LogP contribution in [0.25, 0.3) is 0 Å². The molecule has 38 heavy (non-hydrogen) atoms. The van der Waals surface area contributed by atoms with Gasteiger partial charge in [-0.1, -0.05) is 28.9 Å². The third-order valence-electron chi connectivity index (χ3n) is 5.92. The van der Waals surface area contributed by atoms with Crippen molar-refractivity contribution in [3.63, 3.8) is 0 Å². The second-order valence-corrected chi connectivity index (χ2v) is 9.30. The fourth-order valence-electron chi connectivity index (χ4n) is 4.03. The highest BCUT2D eigenvalue weighted by molar-refractivity contribution is 6.41. The number of carbonyl (C=O) groups is 4. The van der Waals surface area contributed by atoms with Gasteiger partial charge in [-0.2, -0.15) is 0 Å². The summed E-state index contributed by atoms with van der Waals surface area (Å²) in [5.41, 5.74) is 0.576. The highest BCUT2D eigenvalue weighted by Gasteiger charge is 2.29. The van der Waals surface area contributed by atoms with Crippen LogP contribution < -0.4 is 16.0 Å². The molecule has 0 spiro atoms. The average Bonchev–Trinajstić information content (AvgIpc) is 3.32. The van der Waals surface area contributed by atoms with E-state index >= 15 is 0 Å². The maximum Gasteiger partial charge on any atom is 0.349 e. The SMILES string of the molecule is CCOC(=O)C(Cl)=CC(CC1CCCNC1=O)NC(=O)C(Cc1ccc(F)cc1)NC(=O)c1cc(C)on1. The van der Waals surface area contributed by atoms with Crippen LogP contribution in [0.5, 0.6) is 0 Å². The smallest absolute Gasteiger partial charge is 0.349 e. The number of ether oxygens (including phenoxy) is 1. The number of aryl methyl sites for hydroxylation is 1. The van der Waals surface area contributed by atoms with Crippen molar-refractivity contribution in [1.82, 2.24) is 21.1 Å². The number of hydrogen-bond acceptors (Lipinski definition) is 7. The molecule has 0 radical (unpaired) electrons. The van der Waals surface area contributed by atoms with Crippen LogP contribution in [-0.2, 0) is 25.5 Å². The van der Waals surface area contributed by atoms with Crippen LogP contribution in [0.3, 0.4) is 0 Å². The van der Waals surface area contributed by atoms with Crippen LogP contribution in [0.1, 0.15) is 48.0 Å². The Bertz CT molecular complexity index is 1180. The second kappa shape index (κ2) is 13.7. The van der Waals surface area contributed by atoms with Crippen molar-refractivity contribution in [1.29, 1.82) is 0 Å². The van der Waals surface area contributed by atoms with Crippen molar-refractivity contribution in [2.75, 3.05) is 13.2 Å². The molecule has 1 aliphatic rings. The molecule has 3 amide bonds. The van der Waals surface area contributed by atoms with Gasteiger partial charge >= 0.3 is 5.97 Å². The Morgan fingerprint density at radius 2 is 2.03 bits per heavy atom. The molecule has 3 atom stereocenters. The van der Waals surface area contributed by atoms with E-state index in [4.69, 9.17) is 20.9 Å². The van der Waals surface area contributed by atoms with E-state index in [9.17, 15) is 23.6 Å². The van der Waals surface area contributed by atoms with E-state index in [0.717, 1.165) is 6.42 Å². The highest BCUT2D eigenvalue weighted by atomic mass is 35.5. The zero-order valence-corrected chi connectivity index (χ0v) is 21.8. The van der Waals surface area contributed by atoms with E-state index in [2.05, 4.69) is 21.1 Å². The molecule has 3 N–H and O–H groups in total. The van der Waals surface area contributed by atoms with E-state index in [1.807, 2.05) is 0 Å². The Morgan fingerprint density at radius 3 is 2.66 bits per heavy atom. The van der Waals surface area contributed by atoms with Gasteiger partial charge in [0.1, 0.15) is 22.7 Å². The minimum Gasteiger partial charge on any atom is -0.462 e. The Balaban J connectivity index is 1.84. The molecule has 1 fully saturated rings. The summed E-state index contributed by atoms with van der Waals surface area (Å²) >= 11 is 6.14. The van der Waals surface area contributed by atoms with Crippen LogP contribution in [0.2, 0.25) is 0 Å². The van der Waals surface area contributed by atoms with Crippen molar-refractivity contribution < 1.29 is 32.8 Å². The number of amides is 3. The first kappa shape index (κ1) is 28.8. The van der Waals surface area contributed by atoms with Crippen molar-refractivity contribution in [3.8, 4) is 0 Å². The fourth-order valence-corrected chi connectivity index (χ4v) is 4.24. The molecule has 1 saturated heterocycles. The van der Waals surface area contributed by atoms with Crippen molar-refractivity contribution in [3.05, 3.63) is 64.3 Å². The van der Waals surface area contributed by atoms with Gasteiger partial charge in [0.15, 0.2) is 5.69 Å². The van der Waals surface area contributed by atoms with Gasteiger partial charge < -0.3 is 25.2 Å². The van der Waals surface area contributed by atoms with E-state index in [-0.39, 0.29) is 36.1 Å². The molecule has 0 saturated carbocycles. The number of aromatic nitrogens is 1. The zero-order chi connectivity index (χ0) is 27.7. The van der Waals surface area contributed by atoms with Crippen molar-refractivity contribution >= 4 is 35.3 Å². The van der Waals surface area contributed by atoms with Gasteiger partial charge in [0.2, 0.25) is 11.8 Å². The summed E-state index contributed by atoms with van der Waals surface area (Å²) in [6.07, 6.45) is 2.90. The molecular weight excluding hydrogens is 519 g/mol. The lowest BCUT2D eigenvalue weighted by molar-refractivity contribution is -0.137. The summed E-state index contributed by atoms with van der Waals surface area (Å²) in [5, 5.41) is 11.6. The average molecular weight is 549 g/mol. The van der Waals surface area contributed by atoms with Gasteiger partial charge in [-0.05, 0) is 56.9 Å². The molecule has 2 aromatic rings. The molecule has 12 heteroatoms. The minimum atomic E-state index is -1.11. The van der Waals surface area contributed by atoms with Gasteiger partial charge in [0.25, 0.3) is 5.91 Å². The topological polar surface area (TPSA) is 140 Å². The summed E-state index contributed by atoms with van der Waals surface area (Å²) in [6, 6.07) is 5.00. The number of hydrogen-bond donors (Lipinski definition) is 3. The predicted molar refractivity (Wildman–Crippen MR) is 135 cm³/mol. The molecule has 1 aromatic heterocycles. The summed E-state index contributed by atoms with van der Waals surface area (Å²) in [6.45, 7) is 3.93. The number of rotatable bonds is 11. The standard InChI is InChI=1S/C26H30ClFN4O6/c1-3-37-26(36)20(27)14-19(13-17-5-4-10-29-23(17)33)30-24(34)21(12-16-6-8-18(28)9-7-16)31-25(35)22-11-15(2)38-32-22/h6-9,11,14,17,19,21H,3-5,10,12-13H2,1-2H3,(H,29,33)(H,30,34)(H,31,35). The molecule has 0 aliphatic carbocycles. The van der Waals surface area contributed by atoms with Crippen LogP contribution in [0, 0.1) is 18.7 Å². The molecule has 3 unspecified atom stereocenters. The Hall–Kier alpha value is -3.73. The molecule has 204 valence electrons. The van der Waals surface area contributed by atoms with Crippen LogP contribution in [0.4, 0.5) is 4.39 Å². The number of benzene rings is 1. The lowest BCUT2D eigenvalue weighted by Crippen LogP contribution is -2.51. The van der Waals surface area contributed by atoms with E-state index in [0.29, 0.717) is 24.3 Å². The van der Waals surface area contributed by atoms with E-state index in [1.54, 1.807) is 13.8 Å². The number of esters is 1. The number of nitrogens with zero attached hydrogens (tertiary/aromatic N) is 1. The third-order valence-corrected chi connectivity index (χ3v) is 6.20. The summed E-state index contributed by atoms with van der Waals surface area (Å²) in [5.74, 6) is -2.62. The largest absolute Gasteiger partial charge is 0.462 e. The third kappa shape index (κ3) is 8.41. The lowest BCUT2D eigenvalue weighted by Gasteiger charge is -2.27. The molecule has 10 nitrogen and oxygen atoms in total. The van der Waals surface area contributed by atoms with Crippen LogP contribution in [-0.4, -0.2) is 54.1 Å². The first-order valence-corrected chi connectivity index (χ1v) is 12.6. The maximum absolute atomic E-state index is 13.5. The number of carbonyl (C=O) groups excluding carboxylic acids is 4. The summed E-state index contributed by atoms with van der Waals surface area (Å²) < 4.78 is 23.3. The Labute approximate surface area is 224 Å².